The van der Waals surface area contributed by atoms with Crippen LogP contribution >= 0.6 is 11.6 Å². The fourth-order valence-corrected chi connectivity index (χ4v) is 6.71. The van der Waals surface area contributed by atoms with E-state index >= 15 is 0 Å². The van der Waals surface area contributed by atoms with Crippen LogP contribution in [-0.2, 0) is 27.4 Å². The van der Waals surface area contributed by atoms with Crippen LogP contribution in [0.15, 0.2) is 43.0 Å². The molecule has 0 bridgehead atoms. The van der Waals surface area contributed by atoms with Crippen molar-refractivity contribution in [3.8, 4) is 11.3 Å². The second-order valence-corrected chi connectivity index (χ2v) is 11.8. The molecule has 3 atom stereocenters. The maximum Gasteiger partial charge on any atom is 0.407 e. The van der Waals surface area contributed by atoms with Gasteiger partial charge in [-0.1, -0.05) is 25.4 Å². The Bertz CT molecular complexity index is 1700. The zero-order valence-corrected chi connectivity index (χ0v) is 22.7. The van der Waals surface area contributed by atoms with Gasteiger partial charge in [-0.3, -0.25) is 14.5 Å². The number of halogens is 1. The summed E-state index contributed by atoms with van der Waals surface area (Å²) in [6, 6.07) is 7.59. The number of carboxylic acid groups (broad SMARTS) is 1. The van der Waals surface area contributed by atoms with Gasteiger partial charge in [0.05, 0.1) is 60.9 Å². The average Bonchev–Trinajstić information content (AvgIpc) is 3.26. The maximum atomic E-state index is 12.9. The number of ether oxygens (including phenoxy) is 1. The summed E-state index contributed by atoms with van der Waals surface area (Å²) in [4.78, 5) is 44.6. The second kappa shape index (κ2) is 8.77. The zero-order chi connectivity index (χ0) is 27.9. The molecule has 206 valence electrons. The van der Waals surface area contributed by atoms with Crippen LogP contribution in [0.4, 0.5) is 4.79 Å². The van der Waals surface area contributed by atoms with Crippen LogP contribution in [0.3, 0.4) is 0 Å². The highest BCUT2D eigenvalue weighted by molar-refractivity contribution is 6.32. The largest absolute Gasteiger partial charge is 0.465 e. The van der Waals surface area contributed by atoms with E-state index in [-0.39, 0.29) is 48.3 Å². The van der Waals surface area contributed by atoms with Crippen molar-refractivity contribution in [2.24, 2.45) is 17.3 Å². The summed E-state index contributed by atoms with van der Waals surface area (Å²) in [6.45, 7) is 5.54. The normalized spacial score (nSPS) is 23.8. The molecular formula is C28H27ClN6O5. The number of carbonyl (C=O) groups excluding carboxylic acids is 2. The predicted molar refractivity (Wildman–Crippen MR) is 145 cm³/mol. The summed E-state index contributed by atoms with van der Waals surface area (Å²) in [5, 5.41) is 15.3. The number of carbonyl (C=O) groups is 3. The number of likely N-dealkylation sites (tertiary alicyclic amines) is 1. The van der Waals surface area contributed by atoms with Crippen LogP contribution in [0.25, 0.3) is 27.7 Å². The zero-order valence-electron chi connectivity index (χ0n) is 22.0. The van der Waals surface area contributed by atoms with E-state index in [1.165, 1.54) is 16.1 Å². The molecule has 5 heterocycles. The van der Waals surface area contributed by atoms with Gasteiger partial charge in [-0.15, -0.1) is 0 Å². The van der Waals surface area contributed by atoms with Crippen LogP contribution in [0.5, 0.6) is 0 Å². The van der Waals surface area contributed by atoms with Gasteiger partial charge in [0.1, 0.15) is 6.33 Å². The third-order valence-corrected chi connectivity index (χ3v) is 8.80. The molecule has 3 fully saturated rings. The van der Waals surface area contributed by atoms with Gasteiger partial charge in [-0.05, 0) is 35.2 Å². The summed E-state index contributed by atoms with van der Waals surface area (Å²) >= 11 is 6.53. The molecule has 3 aliphatic rings. The van der Waals surface area contributed by atoms with Gasteiger partial charge < -0.3 is 19.3 Å². The molecule has 2 saturated heterocycles. The van der Waals surface area contributed by atoms with E-state index in [2.05, 4.69) is 10.1 Å². The Morgan fingerprint density at radius 1 is 1.20 bits per heavy atom. The first-order chi connectivity index (χ1) is 19.1. The Hall–Kier alpha value is -3.96. The van der Waals surface area contributed by atoms with Crippen molar-refractivity contribution >= 4 is 45.9 Å². The number of aromatic nitrogens is 4. The van der Waals surface area contributed by atoms with E-state index in [1.54, 1.807) is 4.52 Å². The summed E-state index contributed by atoms with van der Waals surface area (Å²) in [5.41, 5.74) is 3.55. The molecule has 0 radical (unpaired) electrons. The number of imide groups is 1. The van der Waals surface area contributed by atoms with Crippen LogP contribution < -0.4 is 0 Å². The van der Waals surface area contributed by atoms with Gasteiger partial charge in [-0.2, -0.15) is 5.10 Å². The Morgan fingerprint density at radius 2 is 1.98 bits per heavy atom. The lowest BCUT2D eigenvalue weighted by Gasteiger charge is -2.31. The highest BCUT2D eigenvalue weighted by Crippen LogP contribution is 2.63. The van der Waals surface area contributed by atoms with E-state index < -0.39 is 6.09 Å². The third-order valence-electron chi connectivity index (χ3n) is 8.58. The lowest BCUT2D eigenvalue weighted by Crippen LogP contribution is -2.46. The molecule has 2 unspecified atom stereocenters. The summed E-state index contributed by atoms with van der Waals surface area (Å²) in [7, 11) is 0. The van der Waals surface area contributed by atoms with Gasteiger partial charge in [0, 0.05) is 34.9 Å². The Labute approximate surface area is 233 Å². The second-order valence-electron chi connectivity index (χ2n) is 11.4. The van der Waals surface area contributed by atoms with Gasteiger partial charge in [0.15, 0.2) is 0 Å². The van der Waals surface area contributed by atoms with E-state index in [9.17, 15) is 19.5 Å². The number of piperidine rings is 1. The van der Waals surface area contributed by atoms with Crippen molar-refractivity contribution in [1.29, 1.82) is 0 Å². The molecule has 1 aliphatic carbocycles. The molecule has 12 heteroatoms. The SMILES string of the molecule is CC1(C)C2C(=O)N(Cc3cc4c(-c5cc(Cl)cc6ccn(C[C@@H]7CN(C(=O)O)CCO7)c56)ncnn4c3)C(=O)C21. The molecule has 1 saturated carbocycles. The van der Waals surface area contributed by atoms with E-state index in [1.807, 2.05) is 55.1 Å². The smallest absolute Gasteiger partial charge is 0.407 e. The lowest BCUT2D eigenvalue weighted by molar-refractivity contribution is -0.143. The van der Waals surface area contributed by atoms with Crippen molar-refractivity contribution in [3.05, 3.63) is 53.6 Å². The molecule has 3 amide bonds. The van der Waals surface area contributed by atoms with E-state index in [0.29, 0.717) is 35.9 Å². The number of morpholine rings is 1. The summed E-state index contributed by atoms with van der Waals surface area (Å²) < 4.78 is 9.62. The fraction of sp³-hybridized carbons (Fsp3) is 0.393. The molecule has 3 aromatic heterocycles. The van der Waals surface area contributed by atoms with E-state index in [4.69, 9.17) is 16.3 Å². The molecule has 7 rings (SSSR count). The van der Waals surface area contributed by atoms with Gasteiger partial charge >= 0.3 is 6.09 Å². The van der Waals surface area contributed by atoms with Crippen molar-refractivity contribution in [2.75, 3.05) is 19.7 Å². The van der Waals surface area contributed by atoms with Gasteiger partial charge in [-0.25, -0.2) is 14.3 Å². The first-order valence-corrected chi connectivity index (χ1v) is 13.6. The molecule has 1 aromatic carbocycles. The number of rotatable bonds is 5. The molecule has 1 N–H and O–H groups in total. The fourth-order valence-electron chi connectivity index (χ4n) is 6.49. The quantitative estimate of drug-likeness (QED) is 0.369. The number of amides is 3. The number of hydrogen-bond donors (Lipinski definition) is 1. The molecule has 2 aliphatic heterocycles. The minimum absolute atomic E-state index is 0.109. The molecule has 4 aromatic rings. The number of fused-ring (bicyclic) bond motifs is 3. The maximum absolute atomic E-state index is 12.9. The van der Waals surface area contributed by atoms with Crippen molar-refractivity contribution in [1.82, 2.24) is 29.0 Å². The molecular weight excluding hydrogens is 536 g/mol. The summed E-state index contributed by atoms with van der Waals surface area (Å²) in [5.74, 6) is -0.670. The number of benzene rings is 1. The van der Waals surface area contributed by atoms with Gasteiger partial charge in [0.25, 0.3) is 0 Å². The number of nitrogens with zero attached hydrogens (tertiary/aromatic N) is 6. The van der Waals surface area contributed by atoms with E-state index in [0.717, 1.165) is 22.0 Å². The van der Waals surface area contributed by atoms with Crippen molar-refractivity contribution < 1.29 is 24.2 Å². The minimum atomic E-state index is -0.955. The average molecular weight is 563 g/mol. The standard InChI is InChI=1S/C28H27ClN6O5/c1-28(2)21-22(28)26(37)34(25(21)36)10-15-7-20-23(30-14-31-35(20)11-15)19-9-17(29)8-16-3-4-32(24(16)19)12-18-13-33(27(38)39)5-6-40-18/h3-4,7-9,11,14,18,21-22H,5-6,10,12-13H2,1-2H3,(H,38,39)/t18-,21?,22?/m1/s1. The minimum Gasteiger partial charge on any atom is -0.465 e. The molecule has 11 nitrogen and oxygen atoms in total. The summed E-state index contributed by atoms with van der Waals surface area (Å²) in [6.07, 6.45) is 3.95. The number of hydrogen-bond acceptors (Lipinski definition) is 6. The first-order valence-electron chi connectivity index (χ1n) is 13.2. The Kier molecular flexibility index (Phi) is 5.49. The predicted octanol–water partition coefficient (Wildman–Crippen LogP) is 3.52. The van der Waals surface area contributed by atoms with Crippen molar-refractivity contribution in [2.45, 2.75) is 33.0 Å². The highest BCUT2D eigenvalue weighted by Gasteiger charge is 2.72. The van der Waals surface area contributed by atoms with Crippen LogP contribution in [0.1, 0.15) is 19.4 Å². The Morgan fingerprint density at radius 3 is 2.73 bits per heavy atom. The van der Waals surface area contributed by atoms with Crippen LogP contribution in [-0.4, -0.2) is 77.8 Å². The van der Waals surface area contributed by atoms with Crippen LogP contribution in [0, 0.1) is 17.3 Å². The third kappa shape index (κ3) is 3.79. The monoisotopic (exact) mass is 562 g/mol. The highest BCUT2D eigenvalue weighted by atomic mass is 35.5. The Balaban J connectivity index is 1.24. The molecule has 0 spiro atoms. The van der Waals surface area contributed by atoms with Crippen LogP contribution in [0.2, 0.25) is 5.02 Å². The van der Waals surface area contributed by atoms with Crippen molar-refractivity contribution in [3.63, 3.8) is 0 Å². The lowest BCUT2D eigenvalue weighted by atomic mass is 10.1. The van der Waals surface area contributed by atoms with Gasteiger partial charge in [0.2, 0.25) is 11.8 Å². The first kappa shape index (κ1) is 25.0. The molecule has 40 heavy (non-hydrogen) atoms. The topological polar surface area (TPSA) is 122 Å².